The SMILES string of the molecule is CC(NC(=O)C(O)C(O)C(=O)N(C)CCc1ccccn1)c1ccc(Br)cc1. The Morgan fingerprint density at radius 3 is 2.43 bits per heavy atom. The lowest BCUT2D eigenvalue weighted by Gasteiger charge is -2.24. The highest BCUT2D eigenvalue weighted by atomic mass is 79.9. The molecule has 150 valence electrons. The minimum absolute atomic E-state index is 0.302. The van der Waals surface area contributed by atoms with E-state index in [-0.39, 0.29) is 6.04 Å². The summed E-state index contributed by atoms with van der Waals surface area (Å²) >= 11 is 3.34. The number of halogens is 1. The summed E-state index contributed by atoms with van der Waals surface area (Å²) in [5.41, 5.74) is 1.63. The van der Waals surface area contributed by atoms with Crippen molar-refractivity contribution >= 4 is 27.7 Å². The third-order valence-electron chi connectivity index (χ3n) is 4.36. The summed E-state index contributed by atoms with van der Waals surface area (Å²) in [6.45, 7) is 2.05. The van der Waals surface area contributed by atoms with Crippen LogP contribution in [0.3, 0.4) is 0 Å². The Hall–Kier alpha value is -2.29. The van der Waals surface area contributed by atoms with Crippen molar-refractivity contribution in [3.8, 4) is 0 Å². The van der Waals surface area contributed by atoms with Gasteiger partial charge in [0.2, 0.25) is 0 Å². The Kier molecular flexibility index (Phi) is 8.10. The Morgan fingerprint density at radius 2 is 1.82 bits per heavy atom. The Labute approximate surface area is 172 Å². The first kappa shape index (κ1) is 22.0. The molecule has 1 aromatic carbocycles. The number of aliphatic hydroxyl groups is 2. The summed E-state index contributed by atoms with van der Waals surface area (Å²) in [6, 6.07) is 12.4. The van der Waals surface area contributed by atoms with Gasteiger partial charge in [-0.15, -0.1) is 0 Å². The fourth-order valence-corrected chi connectivity index (χ4v) is 2.84. The van der Waals surface area contributed by atoms with Crippen molar-refractivity contribution in [1.29, 1.82) is 0 Å². The lowest BCUT2D eigenvalue weighted by Crippen LogP contribution is -2.50. The molecule has 0 bridgehead atoms. The Balaban J connectivity index is 1.88. The van der Waals surface area contributed by atoms with Crippen LogP contribution in [0.4, 0.5) is 0 Å². The fourth-order valence-electron chi connectivity index (χ4n) is 2.58. The number of hydrogen-bond acceptors (Lipinski definition) is 5. The molecule has 0 spiro atoms. The fraction of sp³-hybridized carbons (Fsp3) is 0.350. The van der Waals surface area contributed by atoms with Crippen LogP contribution in [0.5, 0.6) is 0 Å². The van der Waals surface area contributed by atoms with E-state index in [9.17, 15) is 19.8 Å². The molecule has 0 saturated carbocycles. The minimum Gasteiger partial charge on any atom is -0.380 e. The van der Waals surface area contributed by atoms with Crippen molar-refractivity contribution in [1.82, 2.24) is 15.2 Å². The first-order valence-corrected chi connectivity index (χ1v) is 9.65. The van der Waals surface area contributed by atoms with Gasteiger partial charge in [-0.1, -0.05) is 34.1 Å². The number of amides is 2. The van der Waals surface area contributed by atoms with Crippen LogP contribution in [0.15, 0.2) is 53.1 Å². The lowest BCUT2D eigenvalue weighted by molar-refractivity contribution is -0.152. The van der Waals surface area contributed by atoms with Crippen molar-refractivity contribution in [3.63, 3.8) is 0 Å². The molecule has 2 aromatic rings. The van der Waals surface area contributed by atoms with Gasteiger partial charge in [0, 0.05) is 36.4 Å². The van der Waals surface area contributed by atoms with Crippen LogP contribution in [0, 0.1) is 0 Å². The molecule has 3 atom stereocenters. The zero-order valence-corrected chi connectivity index (χ0v) is 17.3. The highest BCUT2D eigenvalue weighted by molar-refractivity contribution is 9.10. The van der Waals surface area contributed by atoms with Crippen LogP contribution in [0.2, 0.25) is 0 Å². The average Bonchev–Trinajstić information content (AvgIpc) is 2.71. The molecule has 1 aromatic heterocycles. The number of pyridine rings is 1. The summed E-state index contributed by atoms with van der Waals surface area (Å²) in [6.07, 6.45) is -1.54. The molecule has 8 heteroatoms. The maximum atomic E-state index is 12.3. The molecule has 0 aliphatic rings. The molecular weight excluding hydrogens is 426 g/mol. The van der Waals surface area contributed by atoms with Crippen molar-refractivity contribution in [3.05, 3.63) is 64.4 Å². The summed E-state index contributed by atoms with van der Waals surface area (Å²) in [7, 11) is 1.50. The zero-order chi connectivity index (χ0) is 20.7. The van der Waals surface area contributed by atoms with Gasteiger partial charge in [-0.05, 0) is 36.8 Å². The normalized spacial score (nSPS) is 14.0. The highest BCUT2D eigenvalue weighted by Gasteiger charge is 2.32. The first-order chi connectivity index (χ1) is 13.3. The van der Waals surface area contributed by atoms with E-state index in [1.165, 1.54) is 11.9 Å². The standard InChI is InChI=1S/C20H24BrN3O4/c1-13(14-6-8-15(21)9-7-14)23-19(27)17(25)18(26)20(28)24(2)12-10-16-5-3-4-11-22-16/h3-9,11,13,17-18,25-26H,10,12H2,1-2H3,(H,23,27). The molecule has 2 rings (SSSR count). The van der Waals surface area contributed by atoms with Gasteiger partial charge in [0.1, 0.15) is 0 Å². The summed E-state index contributed by atoms with van der Waals surface area (Å²) < 4.78 is 0.907. The van der Waals surface area contributed by atoms with E-state index in [2.05, 4.69) is 26.2 Å². The summed E-state index contributed by atoms with van der Waals surface area (Å²) in [5.74, 6) is -1.54. The number of hydrogen-bond donors (Lipinski definition) is 3. The van der Waals surface area contributed by atoms with Gasteiger partial charge in [-0.25, -0.2) is 0 Å². The molecule has 2 amide bonds. The van der Waals surface area contributed by atoms with Gasteiger partial charge in [-0.2, -0.15) is 0 Å². The van der Waals surface area contributed by atoms with Gasteiger partial charge in [-0.3, -0.25) is 14.6 Å². The number of nitrogens with zero attached hydrogens (tertiary/aromatic N) is 2. The van der Waals surface area contributed by atoms with E-state index in [1.807, 2.05) is 36.4 Å². The molecule has 0 radical (unpaired) electrons. The van der Waals surface area contributed by atoms with Crippen LogP contribution < -0.4 is 5.32 Å². The molecule has 0 aliphatic heterocycles. The smallest absolute Gasteiger partial charge is 0.254 e. The number of carbonyl (C=O) groups excluding carboxylic acids is 2. The number of aliphatic hydroxyl groups excluding tert-OH is 2. The second kappa shape index (κ2) is 10.3. The second-order valence-electron chi connectivity index (χ2n) is 6.50. The highest BCUT2D eigenvalue weighted by Crippen LogP contribution is 2.16. The largest absolute Gasteiger partial charge is 0.380 e. The van der Waals surface area contributed by atoms with E-state index in [0.717, 1.165) is 15.7 Å². The topological polar surface area (TPSA) is 103 Å². The lowest BCUT2D eigenvalue weighted by atomic mass is 10.1. The number of benzene rings is 1. The third-order valence-corrected chi connectivity index (χ3v) is 4.88. The molecular formula is C20H24BrN3O4. The van der Waals surface area contributed by atoms with Crippen molar-refractivity contribution in [2.75, 3.05) is 13.6 Å². The van der Waals surface area contributed by atoms with Crippen molar-refractivity contribution in [2.24, 2.45) is 0 Å². The molecule has 1 heterocycles. The average molecular weight is 450 g/mol. The van der Waals surface area contributed by atoms with Crippen molar-refractivity contribution in [2.45, 2.75) is 31.6 Å². The first-order valence-electron chi connectivity index (χ1n) is 8.86. The minimum atomic E-state index is -1.86. The molecule has 3 N–H and O–H groups in total. The van der Waals surface area contributed by atoms with E-state index in [4.69, 9.17) is 0 Å². The van der Waals surface area contributed by atoms with Gasteiger partial charge in [0.25, 0.3) is 11.8 Å². The molecule has 3 unspecified atom stereocenters. The van der Waals surface area contributed by atoms with Crippen LogP contribution in [-0.2, 0) is 16.0 Å². The quantitative estimate of drug-likeness (QED) is 0.565. The predicted octanol–water partition coefficient (Wildman–Crippen LogP) is 1.44. The number of rotatable bonds is 8. The van der Waals surface area contributed by atoms with Crippen LogP contribution >= 0.6 is 15.9 Å². The van der Waals surface area contributed by atoms with Gasteiger partial charge < -0.3 is 20.4 Å². The maximum Gasteiger partial charge on any atom is 0.254 e. The van der Waals surface area contributed by atoms with Crippen LogP contribution in [-0.4, -0.2) is 57.7 Å². The van der Waals surface area contributed by atoms with Crippen LogP contribution in [0.1, 0.15) is 24.2 Å². The van der Waals surface area contributed by atoms with Gasteiger partial charge in [0.15, 0.2) is 12.2 Å². The third kappa shape index (κ3) is 6.12. The second-order valence-corrected chi connectivity index (χ2v) is 7.42. The molecule has 0 saturated heterocycles. The van der Waals surface area contributed by atoms with Crippen LogP contribution in [0.25, 0.3) is 0 Å². The van der Waals surface area contributed by atoms with E-state index in [1.54, 1.807) is 19.2 Å². The van der Waals surface area contributed by atoms with Crippen molar-refractivity contribution < 1.29 is 19.8 Å². The predicted molar refractivity (Wildman–Crippen MR) is 108 cm³/mol. The van der Waals surface area contributed by atoms with Gasteiger partial charge >= 0.3 is 0 Å². The van der Waals surface area contributed by atoms with E-state index >= 15 is 0 Å². The monoisotopic (exact) mass is 449 g/mol. The molecule has 0 fully saturated rings. The Bertz CT molecular complexity index is 786. The zero-order valence-electron chi connectivity index (χ0n) is 15.7. The molecule has 7 nitrogen and oxygen atoms in total. The van der Waals surface area contributed by atoms with E-state index in [0.29, 0.717) is 13.0 Å². The molecule has 0 aliphatic carbocycles. The van der Waals surface area contributed by atoms with Gasteiger partial charge in [0.05, 0.1) is 6.04 Å². The Morgan fingerprint density at radius 1 is 1.14 bits per heavy atom. The number of aromatic nitrogens is 1. The van der Waals surface area contributed by atoms with E-state index < -0.39 is 24.0 Å². The number of carbonyl (C=O) groups is 2. The number of likely N-dealkylation sites (N-methyl/N-ethyl adjacent to an activating group) is 1. The summed E-state index contributed by atoms with van der Waals surface area (Å²) in [5, 5.41) is 22.8. The number of nitrogens with one attached hydrogen (secondary N) is 1. The molecule has 28 heavy (non-hydrogen) atoms. The summed E-state index contributed by atoms with van der Waals surface area (Å²) in [4.78, 5) is 30.0. The maximum absolute atomic E-state index is 12.3.